The zero-order chi connectivity index (χ0) is 25.6. The first-order valence-electron chi connectivity index (χ1n) is 12.9. The molecule has 0 amide bonds. The molecule has 38 heavy (non-hydrogen) atoms. The second-order valence-electron chi connectivity index (χ2n) is 9.95. The minimum Gasteiger partial charge on any atom is -0.396 e. The van der Waals surface area contributed by atoms with Gasteiger partial charge in [-0.2, -0.15) is 5.10 Å². The zero-order valence-electron chi connectivity index (χ0n) is 20.9. The van der Waals surface area contributed by atoms with Crippen LogP contribution in [0, 0.1) is 5.92 Å². The average Bonchev–Trinajstić information content (AvgIpc) is 3.74. The predicted octanol–water partition coefficient (Wildman–Crippen LogP) is 5.88. The van der Waals surface area contributed by atoms with Gasteiger partial charge in [-0.3, -0.25) is 5.10 Å². The Bertz CT molecular complexity index is 1750. The highest BCUT2D eigenvalue weighted by atomic mass is 32.1. The van der Waals surface area contributed by atoms with Gasteiger partial charge in [0.2, 0.25) is 0 Å². The molecule has 2 atom stereocenters. The Labute approximate surface area is 223 Å². The smallest absolute Gasteiger partial charge is 0.199 e. The Hall–Kier alpha value is -4.08. The number of benzene rings is 2. The highest BCUT2D eigenvalue weighted by molar-refractivity contribution is 7.22. The number of nitrogens with zero attached hydrogens (tertiary/aromatic N) is 5. The molecule has 1 saturated carbocycles. The molecular formula is C29H27N7OS. The maximum Gasteiger partial charge on any atom is 0.199 e. The van der Waals surface area contributed by atoms with E-state index in [0.29, 0.717) is 11.7 Å². The molecule has 0 spiro atoms. The minimum absolute atomic E-state index is 0.225. The van der Waals surface area contributed by atoms with E-state index in [1.807, 2.05) is 36.1 Å². The number of nitrogens with one attached hydrogen (secondary N) is 2. The van der Waals surface area contributed by atoms with Crippen LogP contribution in [0.5, 0.6) is 0 Å². The van der Waals surface area contributed by atoms with Gasteiger partial charge >= 0.3 is 0 Å². The zero-order valence-corrected chi connectivity index (χ0v) is 21.7. The number of thiophene rings is 1. The van der Waals surface area contributed by atoms with E-state index in [2.05, 4.69) is 56.9 Å². The summed E-state index contributed by atoms with van der Waals surface area (Å²) in [6, 6.07) is 17.0. The first-order chi connectivity index (χ1) is 18.7. The first-order valence-corrected chi connectivity index (χ1v) is 13.7. The van der Waals surface area contributed by atoms with Crippen molar-refractivity contribution in [3.8, 4) is 33.2 Å². The third kappa shape index (κ3) is 3.86. The molecule has 4 aromatic heterocycles. The Kier molecular flexibility index (Phi) is 5.67. The van der Waals surface area contributed by atoms with Crippen molar-refractivity contribution in [2.75, 3.05) is 11.9 Å². The van der Waals surface area contributed by atoms with E-state index >= 15 is 0 Å². The summed E-state index contributed by atoms with van der Waals surface area (Å²) < 4.78 is 1.95. The van der Waals surface area contributed by atoms with Crippen LogP contribution in [-0.2, 0) is 7.05 Å². The predicted molar refractivity (Wildman–Crippen MR) is 152 cm³/mol. The van der Waals surface area contributed by atoms with Crippen molar-refractivity contribution in [3.05, 3.63) is 67.1 Å². The number of aromatic amines is 1. The summed E-state index contributed by atoms with van der Waals surface area (Å²) >= 11 is 1.67. The van der Waals surface area contributed by atoms with Crippen molar-refractivity contribution in [2.24, 2.45) is 13.0 Å². The fourth-order valence-corrected chi connectivity index (χ4v) is 6.82. The summed E-state index contributed by atoms with van der Waals surface area (Å²) in [5.41, 5.74) is 4.34. The summed E-state index contributed by atoms with van der Waals surface area (Å²) in [7, 11) is 1.96. The Morgan fingerprint density at radius 3 is 2.79 bits per heavy atom. The lowest BCUT2D eigenvalue weighted by Crippen LogP contribution is -2.18. The molecule has 190 valence electrons. The molecule has 0 aliphatic heterocycles. The molecule has 0 saturated heterocycles. The summed E-state index contributed by atoms with van der Waals surface area (Å²) in [6.45, 7) is 0.225. The van der Waals surface area contributed by atoms with Gasteiger partial charge in [-0.15, -0.1) is 11.3 Å². The van der Waals surface area contributed by atoms with Gasteiger partial charge in [-0.25, -0.2) is 15.0 Å². The van der Waals surface area contributed by atoms with Crippen LogP contribution >= 0.6 is 11.3 Å². The topological polar surface area (TPSA) is 105 Å². The van der Waals surface area contributed by atoms with Gasteiger partial charge in [-0.05, 0) is 36.8 Å². The molecule has 0 bridgehead atoms. The summed E-state index contributed by atoms with van der Waals surface area (Å²) in [6.07, 6.45) is 8.51. The first kappa shape index (κ1) is 23.1. The van der Waals surface area contributed by atoms with Crippen molar-refractivity contribution in [2.45, 2.75) is 25.3 Å². The fourth-order valence-electron chi connectivity index (χ4n) is 5.59. The molecule has 9 heteroatoms. The standard InChI is InChI=1S/C29H27N7OS/c1-36-13-12-30-28(36)27-33-26(32-19-11-10-17(14-19)16-37)24-23(18-6-3-2-4-7-18)25(38-29(24)34-27)20-8-5-9-22-21(20)15-31-35-22/h2-9,12-13,15,17,19,37H,10-11,14,16H2,1H3,(H,31,35)(H,32,33,34). The molecule has 7 rings (SSSR count). The molecule has 4 heterocycles. The van der Waals surface area contributed by atoms with Crippen LogP contribution in [0.4, 0.5) is 5.82 Å². The molecule has 8 nitrogen and oxygen atoms in total. The van der Waals surface area contributed by atoms with Crippen LogP contribution < -0.4 is 5.32 Å². The van der Waals surface area contributed by atoms with Crippen LogP contribution in [0.25, 0.3) is 54.3 Å². The number of aromatic nitrogens is 6. The number of fused-ring (bicyclic) bond motifs is 2. The maximum absolute atomic E-state index is 9.74. The van der Waals surface area contributed by atoms with Gasteiger partial charge in [0, 0.05) is 53.5 Å². The minimum atomic E-state index is 0.225. The van der Waals surface area contributed by atoms with Crippen LogP contribution in [0.1, 0.15) is 19.3 Å². The number of hydrogen-bond donors (Lipinski definition) is 3. The number of H-pyrrole nitrogens is 1. The Morgan fingerprint density at radius 2 is 2.00 bits per heavy atom. The lowest BCUT2D eigenvalue weighted by molar-refractivity contribution is 0.229. The van der Waals surface area contributed by atoms with Crippen molar-refractivity contribution in [3.63, 3.8) is 0 Å². The maximum atomic E-state index is 9.74. The molecule has 2 aromatic carbocycles. The van der Waals surface area contributed by atoms with Gasteiger partial charge in [0.1, 0.15) is 10.6 Å². The van der Waals surface area contributed by atoms with Gasteiger partial charge in [0.25, 0.3) is 0 Å². The summed E-state index contributed by atoms with van der Waals surface area (Å²) in [5, 5.41) is 23.0. The molecule has 2 unspecified atom stereocenters. The lowest BCUT2D eigenvalue weighted by atomic mass is 9.98. The lowest BCUT2D eigenvalue weighted by Gasteiger charge is -2.16. The molecule has 3 N–H and O–H groups in total. The average molecular weight is 522 g/mol. The van der Waals surface area contributed by atoms with Crippen molar-refractivity contribution in [1.29, 1.82) is 0 Å². The highest BCUT2D eigenvalue weighted by Crippen LogP contribution is 2.48. The monoisotopic (exact) mass is 521 g/mol. The Morgan fingerprint density at radius 1 is 1.11 bits per heavy atom. The number of imidazole rings is 1. The SMILES string of the molecule is Cn1ccnc1-c1nc(NC2CCC(CO)C2)c2c(-c3ccccc3)c(-c3cccc4[nH]ncc34)sc2n1. The second-order valence-corrected chi connectivity index (χ2v) is 10.9. The third-order valence-electron chi connectivity index (χ3n) is 7.50. The normalized spacial score (nSPS) is 17.5. The second kappa shape index (κ2) is 9.34. The van der Waals surface area contributed by atoms with E-state index in [1.54, 1.807) is 17.5 Å². The highest BCUT2D eigenvalue weighted by Gasteiger charge is 2.28. The van der Waals surface area contributed by atoms with E-state index in [0.717, 1.165) is 73.6 Å². The molecule has 0 radical (unpaired) electrons. The number of aliphatic hydroxyl groups is 1. The van der Waals surface area contributed by atoms with E-state index in [4.69, 9.17) is 9.97 Å². The Balaban J connectivity index is 1.51. The van der Waals surface area contributed by atoms with Crippen LogP contribution in [0.2, 0.25) is 0 Å². The van der Waals surface area contributed by atoms with E-state index in [9.17, 15) is 5.11 Å². The van der Waals surface area contributed by atoms with Crippen LogP contribution in [0.3, 0.4) is 0 Å². The fraction of sp³-hybridized carbons (Fsp3) is 0.241. The van der Waals surface area contributed by atoms with E-state index < -0.39 is 0 Å². The number of anilines is 1. The van der Waals surface area contributed by atoms with Crippen LogP contribution in [0.15, 0.2) is 67.1 Å². The molecule has 1 fully saturated rings. The van der Waals surface area contributed by atoms with Crippen LogP contribution in [-0.4, -0.2) is 47.5 Å². The molecule has 6 aromatic rings. The molecule has 1 aliphatic carbocycles. The molecular weight excluding hydrogens is 494 g/mol. The van der Waals surface area contributed by atoms with Gasteiger partial charge in [0.15, 0.2) is 11.6 Å². The van der Waals surface area contributed by atoms with E-state index in [-0.39, 0.29) is 12.6 Å². The summed E-state index contributed by atoms with van der Waals surface area (Å²) in [5.74, 6) is 2.46. The quantitative estimate of drug-likeness (QED) is 0.253. The number of rotatable bonds is 6. The number of hydrogen-bond acceptors (Lipinski definition) is 7. The van der Waals surface area contributed by atoms with Gasteiger partial charge in [0.05, 0.1) is 17.1 Å². The van der Waals surface area contributed by atoms with Crippen molar-refractivity contribution >= 4 is 38.3 Å². The van der Waals surface area contributed by atoms with Gasteiger partial charge in [-0.1, -0.05) is 42.5 Å². The van der Waals surface area contributed by atoms with Crippen molar-refractivity contribution in [1.82, 2.24) is 29.7 Å². The van der Waals surface area contributed by atoms with Gasteiger partial charge < -0.3 is 15.0 Å². The summed E-state index contributed by atoms with van der Waals surface area (Å²) in [4.78, 5) is 16.7. The van der Waals surface area contributed by atoms with Crippen molar-refractivity contribution < 1.29 is 5.11 Å². The number of aliphatic hydroxyl groups excluding tert-OH is 1. The number of aryl methyl sites for hydroxylation is 1. The largest absolute Gasteiger partial charge is 0.396 e. The van der Waals surface area contributed by atoms with E-state index in [1.165, 1.54) is 0 Å². The molecule has 1 aliphatic rings. The third-order valence-corrected chi connectivity index (χ3v) is 8.62.